The van der Waals surface area contributed by atoms with E-state index in [4.69, 9.17) is 33.7 Å². The number of nitrogens with two attached hydrogens (primary N) is 1. The van der Waals surface area contributed by atoms with Gasteiger partial charge in [-0.05, 0) is 45.3 Å². The van der Waals surface area contributed by atoms with Crippen molar-refractivity contribution in [1.82, 2.24) is 0 Å². The molecule has 0 aliphatic rings. The van der Waals surface area contributed by atoms with Gasteiger partial charge in [-0.15, -0.1) is 0 Å². The Morgan fingerprint density at radius 3 is 2.53 bits per heavy atom. The van der Waals surface area contributed by atoms with Crippen LogP contribution in [0.4, 0.5) is 0 Å². The lowest BCUT2D eigenvalue weighted by Gasteiger charge is -2.17. The second-order valence-corrected chi connectivity index (χ2v) is 5.65. The summed E-state index contributed by atoms with van der Waals surface area (Å²) < 4.78 is 5.93. The minimum Gasteiger partial charge on any atom is -0.497 e. The summed E-state index contributed by atoms with van der Waals surface area (Å²) in [6.45, 7) is 0. The van der Waals surface area contributed by atoms with Crippen LogP contribution in [0.3, 0.4) is 0 Å². The molecule has 0 bridgehead atoms. The van der Waals surface area contributed by atoms with E-state index in [0.717, 1.165) is 15.6 Å². The second-order valence-electron chi connectivity index (χ2n) is 4.01. The standard InChI is InChI=1S/C14H12BrCl2NO/c1-19-8-5-6-9(12(16)7-8)14(18)10-3-2-4-11(15)13(10)17/h2-7,14H,18H2,1H3. The molecule has 0 saturated heterocycles. The highest BCUT2D eigenvalue weighted by molar-refractivity contribution is 9.10. The van der Waals surface area contributed by atoms with Crippen molar-refractivity contribution in [3.63, 3.8) is 0 Å². The van der Waals surface area contributed by atoms with Crippen molar-refractivity contribution in [3.05, 3.63) is 62.0 Å². The summed E-state index contributed by atoms with van der Waals surface area (Å²) in [5.74, 6) is 0.696. The van der Waals surface area contributed by atoms with Gasteiger partial charge >= 0.3 is 0 Å². The molecular weight excluding hydrogens is 349 g/mol. The Morgan fingerprint density at radius 2 is 1.89 bits per heavy atom. The molecule has 2 N–H and O–H groups in total. The fourth-order valence-electron chi connectivity index (χ4n) is 1.82. The number of benzene rings is 2. The Bertz CT molecular complexity index is 604. The number of methoxy groups -OCH3 is 1. The van der Waals surface area contributed by atoms with Crippen molar-refractivity contribution >= 4 is 39.1 Å². The van der Waals surface area contributed by atoms with Crippen LogP contribution in [0.25, 0.3) is 0 Å². The highest BCUT2D eigenvalue weighted by Crippen LogP contribution is 2.35. The fourth-order valence-corrected chi connectivity index (χ4v) is 2.73. The Kier molecular flexibility index (Phi) is 4.74. The van der Waals surface area contributed by atoms with E-state index < -0.39 is 0 Å². The third-order valence-corrected chi connectivity index (χ3v) is 4.50. The molecule has 0 aromatic heterocycles. The highest BCUT2D eigenvalue weighted by Gasteiger charge is 2.17. The van der Waals surface area contributed by atoms with E-state index in [1.165, 1.54) is 0 Å². The zero-order chi connectivity index (χ0) is 14.0. The molecule has 0 heterocycles. The van der Waals surface area contributed by atoms with Gasteiger partial charge in [0.15, 0.2) is 0 Å². The van der Waals surface area contributed by atoms with Gasteiger partial charge in [0.2, 0.25) is 0 Å². The first-order valence-electron chi connectivity index (χ1n) is 5.57. The van der Waals surface area contributed by atoms with E-state index in [1.807, 2.05) is 30.3 Å². The third kappa shape index (κ3) is 3.06. The topological polar surface area (TPSA) is 35.2 Å². The van der Waals surface area contributed by atoms with Crippen molar-refractivity contribution in [2.75, 3.05) is 7.11 Å². The smallest absolute Gasteiger partial charge is 0.120 e. The molecule has 5 heteroatoms. The summed E-state index contributed by atoms with van der Waals surface area (Å²) in [7, 11) is 1.59. The van der Waals surface area contributed by atoms with Crippen LogP contribution >= 0.6 is 39.1 Å². The first-order valence-corrected chi connectivity index (χ1v) is 7.12. The van der Waals surface area contributed by atoms with Crippen molar-refractivity contribution in [2.45, 2.75) is 6.04 Å². The predicted octanol–water partition coefficient (Wildman–Crippen LogP) is 4.81. The first kappa shape index (κ1) is 14.7. The predicted molar refractivity (Wildman–Crippen MR) is 83.2 cm³/mol. The molecule has 1 atom stereocenters. The van der Waals surface area contributed by atoms with Crippen molar-refractivity contribution < 1.29 is 4.74 Å². The maximum atomic E-state index is 6.25. The lowest BCUT2D eigenvalue weighted by atomic mass is 9.99. The molecule has 2 aromatic carbocycles. The average Bonchev–Trinajstić information content (AvgIpc) is 2.41. The summed E-state index contributed by atoms with van der Waals surface area (Å²) in [5.41, 5.74) is 7.88. The van der Waals surface area contributed by atoms with E-state index >= 15 is 0 Å². The minimum absolute atomic E-state index is 0.386. The van der Waals surface area contributed by atoms with Gasteiger partial charge in [0, 0.05) is 9.50 Å². The number of hydrogen-bond acceptors (Lipinski definition) is 2. The second kappa shape index (κ2) is 6.14. The van der Waals surface area contributed by atoms with E-state index in [1.54, 1.807) is 13.2 Å². The van der Waals surface area contributed by atoms with Gasteiger partial charge in [0.05, 0.1) is 18.2 Å². The Balaban J connectivity index is 2.44. The van der Waals surface area contributed by atoms with E-state index in [0.29, 0.717) is 15.8 Å². The summed E-state index contributed by atoms with van der Waals surface area (Å²) >= 11 is 15.9. The zero-order valence-electron chi connectivity index (χ0n) is 10.2. The van der Waals surface area contributed by atoms with Crippen molar-refractivity contribution in [3.8, 4) is 5.75 Å². The van der Waals surface area contributed by atoms with Crippen LogP contribution in [-0.4, -0.2) is 7.11 Å². The maximum Gasteiger partial charge on any atom is 0.120 e. The summed E-state index contributed by atoms with van der Waals surface area (Å²) in [6.07, 6.45) is 0. The third-order valence-electron chi connectivity index (χ3n) is 2.86. The van der Waals surface area contributed by atoms with Gasteiger partial charge in [-0.1, -0.05) is 41.4 Å². The fraction of sp³-hybridized carbons (Fsp3) is 0.143. The SMILES string of the molecule is COc1ccc(C(N)c2cccc(Br)c2Cl)c(Cl)c1. The molecule has 2 nitrogen and oxygen atoms in total. The summed E-state index contributed by atoms with van der Waals surface area (Å²) in [5, 5.41) is 1.16. The average molecular weight is 361 g/mol. The number of halogens is 3. The summed E-state index contributed by atoms with van der Waals surface area (Å²) in [6, 6.07) is 10.7. The normalized spacial score (nSPS) is 12.3. The Hall–Kier alpha value is -0.740. The molecule has 0 amide bonds. The maximum absolute atomic E-state index is 6.25. The monoisotopic (exact) mass is 359 g/mol. The van der Waals surface area contributed by atoms with Crippen LogP contribution in [0.1, 0.15) is 17.2 Å². The molecule has 0 fully saturated rings. The Morgan fingerprint density at radius 1 is 1.16 bits per heavy atom. The van der Waals surface area contributed by atoms with Crippen LogP contribution in [0, 0.1) is 0 Å². The van der Waals surface area contributed by atoms with Crippen LogP contribution in [-0.2, 0) is 0 Å². The molecule has 0 aliphatic carbocycles. The molecule has 2 rings (SSSR count). The van der Waals surface area contributed by atoms with Gasteiger partial charge in [-0.25, -0.2) is 0 Å². The molecule has 100 valence electrons. The van der Waals surface area contributed by atoms with Crippen LogP contribution in [0.5, 0.6) is 5.75 Å². The Labute approximate surface area is 130 Å². The molecule has 0 aliphatic heterocycles. The molecule has 1 unspecified atom stereocenters. The van der Waals surface area contributed by atoms with Crippen LogP contribution in [0.15, 0.2) is 40.9 Å². The lowest BCUT2D eigenvalue weighted by molar-refractivity contribution is 0.414. The van der Waals surface area contributed by atoms with E-state index in [-0.39, 0.29) is 6.04 Å². The molecule has 0 spiro atoms. The molecular formula is C14H12BrCl2NO. The van der Waals surface area contributed by atoms with Gasteiger partial charge in [0.25, 0.3) is 0 Å². The highest BCUT2D eigenvalue weighted by atomic mass is 79.9. The van der Waals surface area contributed by atoms with E-state index in [9.17, 15) is 0 Å². The lowest BCUT2D eigenvalue weighted by Crippen LogP contribution is -2.13. The van der Waals surface area contributed by atoms with Crippen LogP contribution < -0.4 is 10.5 Å². The van der Waals surface area contributed by atoms with Crippen LogP contribution in [0.2, 0.25) is 10.0 Å². The van der Waals surface area contributed by atoms with Crippen molar-refractivity contribution in [2.24, 2.45) is 5.73 Å². The van der Waals surface area contributed by atoms with Gasteiger partial charge < -0.3 is 10.5 Å². The number of hydrogen-bond donors (Lipinski definition) is 1. The number of ether oxygens (including phenoxy) is 1. The quantitative estimate of drug-likeness (QED) is 0.852. The van der Waals surface area contributed by atoms with E-state index in [2.05, 4.69) is 15.9 Å². The first-order chi connectivity index (χ1) is 9.04. The molecule has 0 radical (unpaired) electrons. The van der Waals surface area contributed by atoms with Gasteiger partial charge in [0.1, 0.15) is 5.75 Å². The number of rotatable bonds is 3. The molecule has 2 aromatic rings. The van der Waals surface area contributed by atoms with Gasteiger partial charge in [-0.3, -0.25) is 0 Å². The summed E-state index contributed by atoms with van der Waals surface area (Å²) in [4.78, 5) is 0. The minimum atomic E-state index is -0.386. The molecule has 0 saturated carbocycles. The van der Waals surface area contributed by atoms with Crippen molar-refractivity contribution in [1.29, 1.82) is 0 Å². The zero-order valence-corrected chi connectivity index (χ0v) is 13.3. The largest absolute Gasteiger partial charge is 0.497 e. The van der Waals surface area contributed by atoms with Gasteiger partial charge in [-0.2, -0.15) is 0 Å². The molecule has 19 heavy (non-hydrogen) atoms.